The van der Waals surface area contributed by atoms with Gasteiger partial charge in [0.15, 0.2) is 0 Å². The van der Waals surface area contributed by atoms with Gasteiger partial charge in [-0.2, -0.15) is 5.10 Å². The van der Waals surface area contributed by atoms with Gasteiger partial charge in [0.05, 0.1) is 16.8 Å². The van der Waals surface area contributed by atoms with Crippen molar-refractivity contribution in [2.24, 2.45) is 5.10 Å². The van der Waals surface area contributed by atoms with Gasteiger partial charge < -0.3 is 0 Å². The van der Waals surface area contributed by atoms with Crippen molar-refractivity contribution in [2.45, 2.75) is 4.90 Å². The van der Waals surface area contributed by atoms with E-state index in [1.54, 1.807) is 48.5 Å². The van der Waals surface area contributed by atoms with Gasteiger partial charge >= 0.3 is 0 Å². The second-order valence-corrected chi connectivity index (χ2v) is 8.90. The highest BCUT2D eigenvalue weighted by Gasteiger charge is 2.27. The summed E-state index contributed by atoms with van der Waals surface area (Å²) in [6.07, 6.45) is 1.16. The Morgan fingerprint density at radius 1 is 1.03 bits per heavy atom. The van der Waals surface area contributed by atoms with Gasteiger partial charge in [-0.3, -0.25) is 9.10 Å². The Balaban J connectivity index is 1.84. The van der Waals surface area contributed by atoms with Crippen molar-refractivity contribution in [3.05, 3.63) is 94.7 Å². The van der Waals surface area contributed by atoms with Crippen molar-refractivity contribution >= 4 is 43.8 Å². The first kappa shape index (κ1) is 21.7. The van der Waals surface area contributed by atoms with Crippen LogP contribution in [0.5, 0.6) is 0 Å². The van der Waals surface area contributed by atoms with E-state index in [1.807, 2.05) is 0 Å². The molecule has 0 aliphatic carbocycles. The van der Waals surface area contributed by atoms with Crippen molar-refractivity contribution in [3.63, 3.8) is 0 Å². The highest BCUT2D eigenvalue weighted by atomic mass is 79.9. The maximum Gasteiger partial charge on any atom is 0.264 e. The molecule has 6 nitrogen and oxygen atoms in total. The van der Waals surface area contributed by atoms with Crippen LogP contribution in [0.15, 0.2) is 93.3 Å². The van der Waals surface area contributed by atoms with Crippen LogP contribution in [0.2, 0.25) is 0 Å². The molecule has 30 heavy (non-hydrogen) atoms. The van der Waals surface area contributed by atoms with Gasteiger partial charge in [0.25, 0.3) is 15.9 Å². The molecular formula is C21H17BrFN3O3S. The number of amides is 1. The van der Waals surface area contributed by atoms with Crippen LogP contribution >= 0.6 is 15.9 Å². The number of rotatable bonds is 7. The minimum absolute atomic E-state index is 0.0487. The van der Waals surface area contributed by atoms with Crippen LogP contribution < -0.4 is 9.73 Å². The molecule has 0 aliphatic rings. The van der Waals surface area contributed by atoms with E-state index in [4.69, 9.17) is 0 Å². The molecule has 0 saturated heterocycles. The molecule has 0 bridgehead atoms. The SMILES string of the molecule is O=C(CN(c1cccc(Br)c1)S(=O)(=O)c1ccccc1)N/N=C\c1ccccc1F. The summed E-state index contributed by atoms with van der Waals surface area (Å²) in [4.78, 5) is 12.5. The second kappa shape index (κ2) is 9.64. The first-order chi connectivity index (χ1) is 14.4. The third-order valence-corrected chi connectivity index (χ3v) is 6.29. The van der Waals surface area contributed by atoms with E-state index in [2.05, 4.69) is 26.5 Å². The number of hydrogen-bond acceptors (Lipinski definition) is 4. The minimum atomic E-state index is -4.01. The molecule has 1 amide bonds. The maximum absolute atomic E-state index is 13.6. The van der Waals surface area contributed by atoms with Crippen LogP contribution in [0.4, 0.5) is 10.1 Å². The van der Waals surface area contributed by atoms with E-state index in [0.717, 1.165) is 10.5 Å². The van der Waals surface area contributed by atoms with E-state index in [1.165, 1.54) is 30.3 Å². The number of carbonyl (C=O) groups excluding carboxylic acids is 1. The van der Waals surface area contributed by atoms with Gasteiger partial charge in [0.2, 0.25) is 0 Å². The molecule has 0 atom stereocenters. The van der Waals surface area contributed by atoms with Gasteiger partial charge in [0, 0.05) is 10.0 Å². The highest BCUT2D eigenvalue weighted by molar-refractivity contribution is 9.10. The monoisotopic (exact) mass is 489 g/mol. The summed E-state index contributed by atoms with van der Waals surface area (Å²) in [7, 11) is -4.01. The van der Waals surface area contributed by atoms with Gasteiger partial charge in [-0.15, -0.1) is 0 Å². The summed E-state index contributed by atoms with van der Waals surface area (Å²) in [5, 5.41) is 3.73. The lowest BCUT2D eigenvalue weighted by Crippen LogP contribution is -2.39. The summed E-state index contributed by atoms with van der Waals surface area (Å²) in [5.41, 5.74) is 2.74. The highest BCUT2D eigenvalue weighted by Crippen LogP contribution is 2.26. The zero-order valence-corrected chi connectivity index (χ0v) is 18.0. The number of anilines is 1. The van der Waals surface area contributed by atoms with Gasteiger partial charge in [-0.25, -0.2) is 18.2 Å². The molecule has 0 spiro atoms. The Bertz CT molecular complexity index is 1170. The fraction of sp³-hybridized carbons (Fsp3) is 0.0476. The zero-order valence-electron chi connectivity index (χ0n) is 15.6. The van der Waals surface area contributed by atoms with Crippen LogP contribution in [0.1, 0.15) is 5.56 Å². The molecule has 154 valence electrons. The topological polar surface area (TPSA) is 78.8 Å². The number of benzene rings is 3. The molecule has 0 radical (unpaired) electrons. The molecule has 3 aromatic rings. The number of hydrazone groups is 1. The summed E-state index contributed by atoms with van der Waals surface area (Å²) in [5.74, 6) is -1.17. The standard InChI is InChI=1S/C21H17BrFN3O3S/c22-17-8-6-9-18(13-17)26(30(28,29)19-10-2-1-3-11-19)15-21(27)25-24-14-16-7-4-5-12-20(16)23/h1-14H,15H2,(H,25,27)/b24-14-. The van der Waals surface area contributed by atoms with Crippen LogP contribution in [0.3, 0.4) is 0 Å². The predicted molar refractivity (Wildman–Crippen MR) is 117 cm³/mol. The quantitative estimate of drug-likeness (QED) is 0.403. The van der Waals surface area contributed by atoms with E-state index in [9.17, 15) is 17.6 Å². The summed E-state index contributed by atoms with van der Waals surface area (Å²) in [6, 6.07) is 20.3. The number of halogens is 2. The molecule has 3 rings (SSSR count). The van der Waals surface area contributed by atoms with E-state index >= 15 is 0 Å². The maximum atomic E-state index is 13.6. The number of sulfonamides is 1. The van der Waals surface area contributed by atoms with Crippen LogP contribution in [0, 0.1) is 5.82 Å². The summed E-state index contributed by atoms with van der Waals surface area (Å²) >= 11 is 3.31. The Kier molecular flexibility index (Phi) is 6.96. The van der Waals surface area contributed by atoms with Crippen molar-refractivity contribution in [2.75, 3.05) is 10.8 Å². The number of nitrogens with one attached hydrogen (secondary N) is 1. The molecule has 0 aromatic heterocycles. The predicted octanol–water partition coefficient (Wildman–Crippen LogP) is 3.93. The van der Waals surface area contributed by atoms with Crippen molar-refractivity contribution in [3.8, 4) is 0 Å². The second-order valence-electron chi connectivity index (χ2n) is 6.12. The fourth-order valence-electron chi connectivity index (χ4n) is 2.59. The summed E-state index contributed by atoms with van der Waals surface area (Å²) in [6.45, 7) is -0.512. The number of nitrogens with zero attached hydrogens (tertiary/aromatic N) is 2. The molecule has 0 aliphatic heterocycles. The molecule has 0 fully saturated rings. The Morgan fingerprint density at radius 3 is 2.43 bits per heavy atom. The van der Waals surface area contributed by atoms with Gasteiger partial charge in [-0.05, 0) is 36.4 Å². The van der Waals surface area contributed by atoms with Gasteiger partial charge in [0.1, 0.15) is 12.4 Å². The lowest BCUT2D eigenvalue weighted by Gasteiger charge is -2.23. The lowest BCUT2D eigenvalue weighted by atomic mass is 10.2. The van der Waals surface area contributed by atoms with Crippen LogP contribution in [0.25, 0.3) is 0 Å². The zero-order chi connectivity index (χ0) is 21.6. The molecule has 0 saturated carbocycles. The van der Waals surface area contributed by atoms with Crippen LogP contribution in [-0.2, 0) is 14.8 Å². The normalized spacial score (nSPS) is 11.4. The first-order valence-electron chi connectivity index (χ1n) is 8.78. The minimum Gasteiger partial charge on any atom is -0.271 e. The van der Waals surface area contributed by atoms with E-state index in [-0.39, 0.29) is 10.5 Å². The molecule has 0 heterocycles. The Morgan fingerprint density at radius 2 is 1.73 bits per heavy atom. The third kappa shape index (κ3) is 5.31. The smallest absolute Gasteiger partial charge is 0.264 e. The largest absolute Gasteiger partial charge is 0.271 e. The molecule has 0 unspecified atom stereocenters. The average Bonchev–Trinajstić information content (AvgIpc) is 2.74. The third-order valence-electron chi connectivity index (χ3n) is 4.01. The molecule has 1 N–H and O–H groups in total. The average molecular weight is 490 g/mol. The Labute approximate surface area is 182 Å². The summed E-state index contributed by atoms with van der Waals surface area (Å²) < 4.78 is 41.6. The first-order valence-corrected chi connectivity index (χ1v) is 11.0. The Hall–Kier alpha value is -3.04. The van der Waals surface area contributed by atoms with Crippen molar-refractivity contribution < 1.29 is 17.6 Å². The number of carbonyl (C=O) groups is 1. The van der Waals surface area contributed by atoms with E-state index < -0.39 is 28.3 Å². The molecule has 3 aromatic carbocycles. The van der Waals surface area contributed by atoms with Gasteiger partial charge in [-0.1, -0.05) is 58.4 Å². The molecular weight excluding hydrogens is 473 g/mol. The van der Waals surface area contributed by atoms with Crippen molar-refractivity contribution in [1.82, 2.24) is 5.43 Å². The van der Waals surface area contributed by atoms with Crippen LogP contribution in [-0.4, -0.2) is 27.1 Å². The lowest BCUT2D eigenvalue weighted by molar-refractivity contribution is -0.119. The molecule has 9 heteroatoms. The number of hydrogen-bond donors (Lipinski definition) is 1. The van der Waals surface area contributed by atoms with Crippen molar-refractivity contribution in [1.29, 1.82) is 0 Å². The van der Waals surface area contributed by atoms with E-state index in [0.29, 0.717) is 10.2 Å². The fourth-order valence-corrected chi connectivity index (χ4v) is 4.41.